The summed E-state index contributed by atoms with van der Waals surface area (Å²) in [7, 11) is 0. The van der Waals surface area contributed by atoms with E-state index in [9.17, 15) is 4.79 Å². The molecular formula is C19H24N4O. The quantitative estimate of drug-likeness (QED) is 0.939. The molecule has 1 unspecified atom stereocenters. The zero-order chi connectivity index (χ0) is 16.5. The van der Waals surface area contributed by atoms with Crippen molar-refractivity contribution in [3.05, 3.63) is 53.6 Å². The summed E-state index contributed by atoms with van der Waals surface area (Å²) in [5.41, 5.74) is 2.34. The normalized spacial score (nSPS) is 20.4. The van der Waals surface area contributed by atoms with Crippen molar-refractivity contribution in [2.24, 2.45) is 0 Å². The molecule has 2 amide bonds. The van der Waals surface area contributed by atoms with Crippen LogP contribution in [0, 0.1) is 6.92 Å². The zero-order valence-electron chi connectivity index (χ0n) is 14.1. The van der Waals surface area contributed by atoms with Crippen LogP contribution in [-0.2, 0) is 6.54 Å². The van der Waals surface area contributed by atoms with Gasteiger partial charge in [-0.25, -0.2) is 9.78 Å². The van der Waals surface area contributed by atoms with E-state index >= 15 is 0 Å². The van der Waals surface area contributed by atoms with E-state index < -0.39 is 0 Å². The molecule has 1 aliphatic carbocycles. The smallest absolute Gasteiger partial charge is 0.317 e. The maximum Gasteiger partial charge on any atom is 0.317 e. The minimum Gasteiger partial charge on any atom is -0.334 e. The number of likely N-dealkylation sites (tertiary alicyclic amines) is 1. The van der Waals surface area contributed by atoms with Crippen LogP contribution < -0.4 is 5.32 Å². The molecular weight excluding hydrogens is 300 g/mol. The van der Waals surface area contributed by atoms with E-state index in [1.54, 1.807) is 0 Å². The number of carbonyl (C=O) groups excluding carboxylic acids is 1. The fraction of sp³-hybridized carbons (Fsp3) is 0.474. The highest BCUT2D eigenvalue weighted by molar-refractivity contribution is 5.74. The molecule has 1 aromatic carbocycles. The molecule has 126 valence electrons. The van der Waals surface area contributed by atoms with Crippen molar-refractivity contribution in [1.29, 1.82) is 0 Å². The lowest BCUT2D eigenvalue weighted by molar-refractivity contribution is 0.206. The van der Waals surface area contributed by atoms with Crippen molar-refractivity contribution in [1.82, 2.24) is 19.8 Å². The van der Waals surface area contributed by atoms with Gasteiger partial charge in [0.05, 0.1) is 6.04 Å². The van der Waals surface area contributed by atoms with Gasteiger partial charge in [-0.2, -0.15) is 0 Å². The molecule has 5 nitrogen and oxygen atoms in total. The second-order valence-electron chi connectivity index (χ2n) is 6.93. The Morgan fingerprint density at radius 3 is 2.79 bits per heavy atom. The summed E-state index contributed by atoms with van der Waals surface area (Å²) in [5.74, 6) is 1.86. The summed E-state index contributed by atoms with van der Waals surface area (Å²) in [5, 5.41) is 3.03. The number of aryl methyl sites for hydroxylation is 1. The first kappa shape index (κ1) is 15.2. The number of benzene rings is 1. The Labute approximate surface area is 142 Å². The molecule has 1 aromatic heterocycles. The number of rotatable bonds is 4. The molecule has 5 heteroatoms. The summed E-state index contributed by atoms with van der Waals surface area (Å²) < 4.78 is 2.38. The van der Waals surface area contributed by atoms with Crippen molar-refractivity contribution in [3.8, 4) is 0 Å². The predicted molar refractivity (Wildman–Crippen MR) is 92.8 cm³/mol. The summed E-state index contributed by atoms with van der Waals surface area (Å²) in [6.07, 6.45) is 5.50. The van der Waals surface area contributed by atoms with Gasteiger partial charge in [-0.05, 0) is 31.7 Å². The van der Waals surface area contributed by atoms with Gasteiger partial charge in [0.15, 0.2) is 0 Å². The van der Waals surface area contributed by atoms with Gasteiger partial charge in [-0.3, -0.25) is 0 Å². The first-order valence-corrected chi connectivity index (χ1v) is 8.83. The SMILES string of the molecule is Cc1cnc(C2CC2)n1C1CCN(C(=O)NCc2ccccc2)C1. The van der Waals surface area contributed by atoms with Crippen LogP contribution in [0.3, 0.4) is 0 Å². The third kappa shape index (κ3) is 3.03. The van der Waals surface area contributed by atoms with Gasteiger partial charge in [0.25, 0.3) is 0 Å². The van der Waals surface area contributed by atoms with E-state index in [4.69, 9.17) is 0 Å². The lowest BCUT2D eigenvalue weighted by atomic mass is 10.2. The second kappa shape index (κ2) is 6.30. The van der Waals surface area contributed by atoms with Crippen molar-refractivity contribution in [3.63, 3.8) is 0 Å². The van der Waals surface area contributed by atoms with Crippen molar-refractivity contribution in [2.75, 3.05) is 13.1 Å². The van der Waals surface area contributed by atoms with Crippen LogP contribution >= 0.6 is 0 Å². The number of nitrogens with zero attached hydrogens (tertiary/aromatic N) is 3. The van der Waals surface area contributed by atoms with Gasteiger partial charge >= 0.3 is 6.03 Å². The summed E-state index contributed by atoms with van der Waals surface area (Å²) >= 11 is 0. The highest BCUT2D eigenvalue weighted by atomic mass is 16.2. The molecule has 2 fully saturated rings. The molecule has 1 saturated carbocycles. The van der Waals surface area contributed by atoms with Gasteiger partial charge in [-0.15, -0.1) is 0 Å². The number of urea groups is 1. The van der Waals surface area contributed by atoms with Crippen LogP contribution in [0.5, 0.6) is 0 Å². The number of amides is 2. The highest BCUT2D eigenvalue weighted by Crippen LogP contribution is 2.41. The lowest BCUT2D eigenvalue weighted by Gasteiger charge is -2.20. The molecule has 1 saturated heterocycles. The van der Waals surface area contributed by atoms with E-state index in [0.29, 0.717) is 18.5 Å². The average Bonchev–Trinajstić information content (AvgIpc) is 3.21. The molecule has 2 heterocycles. The Bertz CT molecular complexity index is 720. The van der Waals surface area contributed by atoms with Gasteiger partial charge in [0.1, 0.15) is 5.82 Å². The largest absolute Gasteiger partial charge is 0.334 e. The topological polar surface area (TPSA) is 50.2 Å². The lowest BCUT2D eigenvalue weighted by Crippen LogP contribution is -2.38. The fourth-order valence-corrected chi connectivity index (χ4v) is 3.61. The first-order chi connectivity index (χ1) is 11.7. The van der Waals surface area contributed by atoms with Crippen LogP contribution in [-0.4, -0.2) is 33.6 Å². The maximum atomic E-state index is 12.4. The second-order valence-corrected chi connectivity index (χ2v) is 6.93. The van der Waals surface area contributed by atoms with Crippen LogP contribution in [0.2, 0.25) is 0 Å². The van der Waals surface area contributed by atoms with E-state index in [1.807, 2.05) is 41.4 Å². The Hall–Kier alpha value is -2.30. The third-order valence-electron chi connectivity index (χ3n) is 5.06. The Morgan fingerprint density at radius 2 is 2.04 bits per heavy atom. The monoisotopic (exact) mass is 324 g/mol. The molecule has 24 heavy (non-hydrogen) atoms. The average molecular weight is 324 g/mol. The first-order valence-electron chi connectivity index (χ1n) is 8.83. The van der Waals surface area contributed by atoms with Crippen molar-refractivity contribution < 1.29 is 4.79 Å². The Balaban J connectivity index is 1.38. The number of hydrogen-bond donors (Lipinski definition) is 1. The van der Waals surface area contributed by atoms with Gasteiger partial charge in [0, 0.05) is 37.4 Å². The van der Waals surface area contributed by atoms with Crippen LogP contribution in [0.4, 0.5) is 4.79 Å². The predicted octanol–water partition coefficient (Wildman–Crippen LogP) is 3.23. The molecule has 4 rings (SSSR count). The van der Waals surface area contributed by atoms with Crippen LogP contribution in [0.25, 0.3) is 0 Å². The number of imidazole rings is 1. The van der Waals surface area contributed by atoms with Crippen molar-refractivity contribution in [2.45, 2.75) is 44.7 Å². The third-order valence-corrected chi connectivity index (χ3v) is 5.06. The molecule has 1 atom stereocenters. The maximum absolute atomic E-state index is 12.4. The minimum atomic E-state index is 0.0343. The van der Waals surface area contributed by atoms with Gasteiger partial charge in [0.2, 0.25) is 0 Å². The van der Waals surface area contributed by atoms with E-state index in [0.717, 1.165) is 25.1 Å². The van der Waals surface area contributed by atoms with Gasteiger partial charge < -0.3 is 14.8 Å². The molecule has 0 bridgehead atoms. The molecule has 2 aromatic rings. The number of aromatic nitrogens is 2. The van der Waals surface area contributed by atoms with E-state index in [-0.39, 0.29) is 6.03 Å². The van der Waals surface area contributed by atoms with E-state index in [1.165, 1.54) is 24.4 Å². The molecule has 0 spiro atoms. The summed E-state index contributed by atoms with van der Waals surface area (Å²) in [4.78, 5) is 19.0. The van der Waals surface area contributed by atoms with Crippen molar-refractivity contribution >= 4 is 6.03 Å². The molecule has 1 N–H and O–H groups in total. The minimum absolute atomic E-state index is 0.0343. The van der Waals surface area contributed by atoms with Crippen LogP contribution in [0.15, 0.2) is 36.5 Å². The zero-order valence-corrected chi connectivity index (χ0v) is 14.1. The Morgan fingerprint density at radius 1 is 1.25 bits per heavy atom. The highest BCUT2D eigenvalue weighted by Gasteiger charge is 2.34. The molecule has 1 aliphatic heterocycles. The molecule has 2 aliphatic rings. The summed E-state index contributed by atoms with van der Waals surface area (Å²) in [6.45, 7) is 4.29. The fourth-order valence-electron chi connectivity index (χ4n) is 3.61. The van der Waals surface area contributed by atoms with Crippen LogP contribution in [0.1, 0.15) is 48.3 Å². The number of nitrogens with one attached hydrogen (secondary N) is 1. The number of hydrogen-bond acceptors (Lipinski definition) is 2. The Kier molecular flexibility index (Phi) is 4.00. The standard InChI is InChI=1S/C19H24N4O/c1-14-11-20-18(16-7-8-16)23(14)17-9-10-22(13-17)19(24)21-12-15-5-3-2-4-6-15/h2-6,11,16-17H,7-10,12-13H2,1H3,(H,21,24). The summed E-state index contributed by atoms with van der Waals surface area (Å²) in [6, 6.07) is 10.4. The van der Waals surface area contributed by atoms with Gasteiger partial charge in [-0.1, -0.05) is 30.3 Å². The number of carbonyl (C=O) groups is 1. The van der Waals surface area contributed by atoms with E-state index in [2.05, 4.69) is 21.8 Å². The molecule has 0 radical (unpaired) electrons.